The van der Waals surface area contributed by atoms with Crippen LogP contribution < -0.4 is 10.6 Å². The second-order valence-corrected chi connectivity index (χ2v) is 5.98. The van der Waals surface area contributed by atoms with Crippen molar-refractivity contribution in [2.75, 3.05) is 37.6 Å². The number of halogens is 4. The van der Waals surface area contributed by atoms with Gasteiger partial charge >= 0.3 is 6.18 Å². The molecule has 1 saturated heterocycles. The van der Waals surface area contributed by atoms with Gasteiger partial charge in [0.1, 0.15) is 0 Å². The van der Waals surface area contributed by atoms with E-state index in [0.29, 0.717) is 30.7 Å². The summed E-state index contributed by atoms with van der Waals surface area (Å²) in [6.07, 6.45) is -4.14. The van der Waals surface area contributed by atoms with Gasteiger partial charge in [0.2, 0.25) is 5.91 Å². The summed E-state index contributed by atoms with van der Waals surface area (Å²) in [7, 11) is 0. The van der Waals surface area contributed by atoms with Gasteiger partial charge in [-0.05, 0) is 18.2 Å². The Morgan fingerprint density at radius 2 is 1.86 bits per heavy atom. The maximum absolute atomic E-state index is 13.2. The molecule has 0 radical (unpaired) electrons. The molecule has 122 valence electrons. The van der Waals surface area contributed by atoms with Crippen molar-refractivity contribution in [2.45, 2.75) is 12.6 Å². The highest BCUT2D eigenvalue weighted by molar-refractivity contribution is 9.10. The van der Waals surface area contributed by atoms with Crippen molar-refractivity contribution >= 4 is 27.5 Å². The Labute approximate surface area is 135 Å². The first-order valence-corrected chi connectivity index (χ1v) is 7.72. The molecule has 1 aromatic carbocycles. The Bertz CT molecular complexity index is 543. The molecule has 2 N–H and O–H groups in total. The van der Waals surface area contributed by atoms with Crippen molar-refractivity contribution in [1.82, 2.24) is 4.90 Å². The number of anilines is 1. The van der Waals surface area contributed by atoms with Crippen LogP contribution in [0.25, 0.3) is 0 Å². The van der Waals surface area contributed by atoms with Crippen molar-refractivity contribution in [1.29, 1.82) is 0 Å². The molecule has 22 heavy (non-hydrogen) atoms. The van der Waals surface area contributed by atoms with E-state index in [2.05, 4.69) is 15.9 Å². The topological polar surface area (TPSA) is 49.6 Å². The molecule has 4 nitrogen and oxygen atoms in total. The Morgan fingerprint density at radius 3 is 2.41 bits per heavy atom. The fourth-order valence-corrected chi connectivity index (χ4v) is 2.85. The second-order valence-electron chi connectivity index (χ2n) is 5.07. The van der Waals surface area contributed by atoms with Crippen LogP contribution >= 0.6 is 15.9 Å². The number of rotatable bonds is 3. The maximum atomic E-state index is 13.2. The van der Waals surface area contributed by atoms with Crippen LogP contribution in [0.3, 0.4) is 0 Å². The molecule has 1 aliphatic rings. The van der Waals surface area contributed by atoms with Crippen molar-refractivity contribution in [3.8, 4) is 0 Å². The molecule has 0 aliphatic carbocycles. The molecule has 1 amide bonds. The standard InChI is InChI=1S/C14H17BrF3N3O/c15-10-1-2-12(11(9-10)14(16,17)18)20-5-7-21(8-6-20)13(22)3-4-19/h1-2,9H,3-8,19H2. The SMILES string of the molecule is NCCC(=O)N1CCN(c2ccc(Br)cc2C(F)(F)F)CC1. The smallest absolute Gasteiger partial charge is 0.367 e. The number of piperazine rings is 1. The van der Waals surface area contributed by atoms with E-state index in [1.165, 1.54) is 6.07 Å². The zero-order valence-corrected chi connectivity index (χ0v) is 13.5. The fourth-order valence-electron chi connectivity index (χ4n) is 2.49. The van der Waals surface area contributed by atoms with Gasteiger partial charge in [0.25, 0.3) is 0 Å². The molecule has 0 atom stereocenters. The first-order valence-electron chi connectivity index (χ1n) is 6.92. The Balaban J connectivity index is 2.13. The molecule has 1 heterocycles. The number of nitrogens with zero attached hydrogens (tertiary/aromatic N) is 2. The summed E-state index contributed by atoms with van der Waals surface area (Å²) in [5.74, 6) is -0.0472. The number of benzene rings is 1. The van der Waals surface area contributed by atoms with E-state index in [1.807, 2.05) is 0 Å². The van der Waals surface area contributed by atoms with Crippen LogP contribution in [0.4, 0.5) is 18.9 Å². The third-order valence-electron chi connectivity index (χ3n) is 3.60. The van der Waals surface area contributed by atoms with Gasteiger partial charge in [0.15, 0.2) is 0 Å². The largest absolute Gasteiger partial charge is 0.418 e. The predicted octanol–water partition coefficient (Wildman–Crippen LogP) is 2.47. The highest BCUT2D eigenvalue weighted by Crippen LogP contribution is 2.38. The summed E-state index contributed by atoms with van der Waals surface area (Å²) in [4.78, 5) is 15.1. The Morgan fingerprint density at radius 1 is 1.23 bits per heavy atom. The lowest BCUT2D eigenvalue weighted by Gasteiger charge is -2.37. The second kappa shape index (κ2) is 6.87. The van der Waals surface area contributed by atoms with Crippen LogP contribution in [-0.2, 0) is 11.0 Å². The average molecular weight is 380 g/mol. The average Bonchev–Trinajstić information content (AvgIpc) is 2.47. The molecule has 8 heteroatoms. The van der Waals surface area contributed by atoms with Gasteiger partial charge in [-0.3, -0.25) is 4.79 Å². The molecule has 1 aromatic rings. The van der Waals surface area contributed by atoms with Crippen LogP contribution in [0, 0.1) is 0 Å². The van der Waals surface area contributed by atoms with Crippen LogP contribution in [0.2, 0.25) is 0 Å². The summed E-state index contributed by atoms with van der Waals surface area (Å²) < 4.78 is 39.9. The summed E-state index contributed by atoms with van der Waals surface area (Å²) in [5, 5.41) is 0. The van der Waals surface area contributed by atoms with Gasteiger partial charge in [0, 0.05) is 49.3 Å². The van der Waals surface area contributed by atoms with Gasteiger partial charge in [-0.1, -0.05) is 15.9 Å². The number of amides is 1. The number of hydrogen-bond donors (Lipinski definition) is 1. The van der Waals surface area contributed by atoms with Gasteiger partial charge in [-0.15, -0.1) is 0 Å². The predicted molar refractivity (Wildman–Crippen MR) is 81.6 cm³/mol. The molecular weight excluding hydrogens is 363 g/mol. The van der Waals surface area contributed by atoms with E-state index in [-0.39, 0.29) is 24.6 Å². The molecule has 1 fully saturated rings. The summed E-state index contributed by atoms with van der Waals surface area (Å²) in [6.45, 7) is 1.85. The summed E-state index contributed by atoms with van der Waals surface area (Å²) in [6, 6.07) is 4.14. The van der Waals surface area contributed by atoms with Crippen LogP contribution in [-0.4, -0.2) is 43.5 Å². The monoisotopic (exact) mass is 379 g/mol. The zero-order valence-electron chi connectivity index (χ0n) is 11.9. The molecule has 0 unspecified atom stereocenters. The molecule has 0 aromatic heterocycles. The van der Waals surface area contributed by atoms with E-state index in [1.54, 1.807) is 15.9 Å². The van der Waals surface area contributed by atoms with E-state index < -0.39 is 11.7 Å². The molecular formula is C14H17BrF3N3O. The minimum Gasteiger partial charge on any atom is -0.367 e. The lowest BCUT2D eigenvalue weighted by atomic mass is 10.1. The van der Waals surface area contributed by atoms with Gasteiger partial charge in [-0.2, -0.15) is 13.2 Å². The van der Waals surface area contributed by atoms with Crippen molar-refractivity contribution in [3.63, 3.8) is 0 Å². The maximum Gasteiger partial charge on any atom is 0.418 e. The first kappa shape index (κ1) is 17.1. The first-order chi connectivity index (χ1) is 10.3. The number of carbonyl (C=O) groups is 1. The quantitative estimate of drug-likeness (QED) is 0.877. The number of hydrogen-bond acceptors (Lipinski definition) is 3. The van der Waals surface area contributed by atoms with Gasteiger partial charge in [-0.25, -0.2) is 0 Å². The minimum atomic E-state index is -4.41. The van der Waals surface area contributed by atoms with E-state index in [0.717, 1.165) is 6.07 Å². The van der Waals surface area contributed by atoms with E-state index in [4.69, 9.17) is 5.73 Å². The summed E-state index contributed by atoms with van der Waals surface area (Å²) in [5.41, 5.74) is 4.84. The van der Waals surface area contributed by atoms with Crippen molar-refractivity contribution in [3.05, 3.63) is 28.2 Å². The highest BCUT2D eigenvalue weighted by Gasteiger charge is 2.35. The normalized spacial score (nSPS) is 16.0. The summed E-state index contributed by atoms with van der Waals surface area (Å²) >= 11 is 3.08. The Hall–Kier alpha value is -1.28. The van der Waals surface area contributed by atoms with E-state index in [9.17, 15) is 18.0 Å². The lowest BCUT2D eigenvalue weighted by Crippen LogP contribution is -2.49. The number of alkyl halides is 3. The van der Waals surface area contributed by atoms with Crippen molar-refractivity contribution in [2.24, 2.45) is 5.73 Å². The molecule has 0 spiro atoms. The number of carbonyl (C=O) groups excluding carboxylic acids is 1. The van der Waals surface area contributed by atoms with Gasteiger partial charge < -0.3 is 15.5 Å². The van der Waals surface area contributed by atoms with Crippen LogP contribution in [0.15, 0.2) is 22.7 Å². The van der Waals surface area contributed by atoms with Crippen molar-refractivity contribution < 1.29 is 18.0 Å². The molecule has 0 saturated carbocycles. The third kappa shape index (κ3) is 3.92. The Kier molecular flexibility index (Phi) is 5.33. The molecule has 2 rings (SSSR count). The van der Waals surface area contributed by atoms with Gasteiger partial charge in [0.05, 0.1) is 5.56 Å². The lowest BCUT2D eigenvalue weighted by molar-refractivity contribution is -0.137. The minimum absolute atomic E-state index is 0.0472. The molecule has 0 bridgehead atoms. The zero-order chi connectivity index (χ0) is 16.3. The number of nitrogens with two attached hydrogens (primary N) is 1. The fraction of sp³-hybridized carbons (Fsp3) is 0.500. The van der Waals surface area contributed by atoms with Crippen LogP contribution in [0.1, 0.15) is 12.0 Å². The van der Waals surface area contributed by atoms with Crippen LogP contribution in [0.5, 0.6) is 0 Å². The molecule has 1 aliphatic heterocycles. The third-order valence-corrected chi connectivity index (χ3v) is 4.09. The highest BCUT2D eigenvalue weighted by atomic mass is 79.9. The van der Waals surface area contributed by atoms with E-state index >= 15 is 0 Å².